The van der Waals surface area contributed by atoms with Crippen molar-refractivity contribution in [1.29, 1.82) is 0 Å². The standard InChI is InChI=1S/C17H30N2/c1-5-15(4)17(16-9-7-6-8-10-16)13-18-11-12-19-14(2)3/h6-10,14-15,17-19H,5,11-13H2,1-4H3. The Labute approximate surface area is 119 Å². The van der Waals surface area contributed by atoms with Gasteiger partial charge in [-0.3, -0.25) is 0 Å². The summed E-state index contributed by atoms with van der Waals surface area (Å²) in [6.45, 7) is 12.2. The van der Waals surface area contributed by atoms with Crippen LogP contribution in [0.1, 0.15) is 45.6 Å². The van der Waals surface area contributed by atoms with Crippen LogP contribution >= 0.6 is 0 Å². The van der Waals surface area contributed by atoms with Gasteiger partial charge >= 0.3 is 0 Å². The predicted molar refractivity (Wildman–Crippen MR) is 84.6 cm³/mol. The first-order valence-electron chi connectivity index (χ1n) is 7.64. The van der Waals surface area contributed by atoms with Gasteiger partial charge in [-0.05, 0) is 17.4 Å². The van der Waals surface area contributed by atoms with Crippen LogP contribution in [0.4, 0.5) is 0 Å². The molecule has 0 spiro atoms. The lowest BCUT2D eigenvalue weighted by atomic mass is 9.85. The molecule has 0 saturated heterocycles. The normalized spacial score (nSPS) is 14.6. The number of hydrogen-bond donors (Lipinski definition) is 2. The maximum absolute atomic E-state index is 3.59. The molecule has 0 aliphatic carbocycles. The Morgan fingerprint density at radius 3 is 2.26 bits per heavy atom. The number of rotatable bonds is 9. The lowest BCUT2D eigenvalue weighted by Crippen LogP contribution is -2.34. The molecule has 0 radical (unpaired) electrons. The van der Waals surface area contributed by atoms with Crippen molar-refractivity contribution in [2.75, 3.05) is 19.6 Å². The van der Waals surface area contributed by atoms with Crippen LogP contribution in [0.2, 0.25) is 0 Å². The molecule has 0 bridgehead atoms. The quantitative estimate of drug-likeness (QED) is 0.667. The lowest BCUT2D eigenvalue weighted by Gasteiger charge is -2.24. The molecule has 0 saturated carbocycles. The molecule has 2 atom stereocenters. The fourth-order valence-electron chi connectivity index (χ4n) is 2.34. The molecule has 1 rings (SSSR count). The zero-order valence-corrected chi connectivity index (χ0v) is 12.9. The van der Waals surface area contributed by atoms with Gasteiger partial charge in [0.05, 0.1) is 0 Å². The van der Waals surface area contributed by atoms with Crippen LogP contribution in [-0.2, 0) is 0 Å². The summed E-state index contributed by atoms with van der Waals surface area (Å²) in [5.74, 6) is 1.33. The Kier molecular flexibility index (Phi) is 7.76. The van der Waals surface area contributed by atoms with Gasteiger partial charge in [0.15, 0.2) is 0 Å². The zero-order chi connectivity index (χ0) is 14.1. The molecular formula is C17H30N2. The highest BCUT2D eigenvalue weighted by Gasteiger charge is 2.17. The van der Waals surface area contributed by atoms with E-state index in [-0.39, 0.29) is 0 Å². The van der Waals surface area contributed by atoms with Crippen molar-refractivity contribution < 1.29 is 0 Å². The molecule has 1 aromatic carbocycles. The Balaban J connectivity index is 2.43. The van der Waals surface area contributed by atoms with Crippen molar-refractivity contribution in [3.05, 3.63) is 35.9 Å². The summed E-state index contributed by atoms with van der Waals surface area (Å²) < 4.78 is 0. The van der Waals surface area contributed by atoms with E-state index < -0.39 is 0 Å². The molecule has 19 heavy (non-hydrogen) atoms. The molecule has 0 aliphatic heterocycles. The molecule has 2 nitrogen and oxygen atoms in total. The molecule has 0 aliphatic rings. The van der Waals surface area contributed by atoms with E-state index in [1.165, 1.54) is 12.0 Å². The Morgan fingerprint density at radius 2 is 1.68 bits per heavy atom. The van der Waals surface area contributed by atoms with E-state index in [2.05, 4.69) is 68.7 Å². The van der Waals surface area contributed by atoms with Gasteiger partial charge in [-0.15, -0.1) is 0 Å². The minimum atomic E-state index is 0.571. The summed E-state index contributed by atoms with van der Waals surface area (Å²) in [5.41, 5.74) is 1.46. The third-order valence-corrected chi connectivity index (χ3v) is 3.78. The van der Waals surface area contributed by atoms with E-state index in [4.69, 9.17) is 0 Å². The molecule has 2 unspecified atom stereocenters. The second kappa shape index (κ2) is 9.11. The van der Waals surface area contributed by atoms with Crippen molar-refractivity contribution in [3.8, 4) is 0 Å². The van der Waals surface area contributed by atoms with Crippen molar-refractivity contribution in [2.24, 2.45) is 5.92 Å². The van der Waals surface area contributed by atoms with Crippen LogP contribution in [0.5, 0.6) is 0 Å². The van der Waals surface area contributed by atoms with Crippen LogP contribution in [-0.4, -0.2) is 25.7 Å². The van der Waals surface area contributed by atoms with Crippen molar-refractivity contribution >= 4 is 0 Å². The van der Waals surface area contributed by atoms with E-state index in [0.29, 0.717) is 17.9 Å². The van der Waals surface area contributed by atoms with Crippen LogP contribution < -0.4 is 10.6 Å². The van der Waals surface area contributed by atoms with E-state index in [1.807, 2.05) is 0 Å². The highest BCUT2D eigenvalue weighted by Crippen LogP contribution is 2.25. The molecule has 0 heterocycles. The average molecular weight is 262 g/mol. The highest BCUT2D eigenvalue weighted by atomic mass is 15.0. The fraction of sp³-hybridized carbons (Fsp3) is 0.647. The van der Waals surface area contributed by atoms with Gasteiger partial charge in [-0.25, -0.2) is 0 Å². The molecule has 108 valence electrons. The van der Waals surface area contributed by atoms with E-state index >= 15 is 0 Å². The summed E-state index contributed by atoms with van der Waals surface area (Å²) in [7, 11) is 0. The highest BCUT2D eigenvalue weighted by molar-refractivity contribution is 5.20. The molecule has 2 N–H and O–H groups in total. The topological polar surface area (TPSA) is 24.1 Å². The van der Waals surface area contributed by atoms with Gasteiger partial charge in [0.2, 0.25) is 0 Å². The van der Waals surface area contributed by atoms with Gasteiger partial charge in [-0.1, -0.05) is 64.4 Å². The van der Waals surface area contributed by atoms with Gasteiger partial charge in [-0.2, -0.15) is 0 Å². The van der Waals surface area contributed by atoms with Crippen molar-refractivity contribution in [1.82, 2.24) is 10.6 Å². The smallest absolute Gasteiger partial charge is 0.00790 e. The summed E-state index contributed by atoms with van der Waals surface area (Å²) in [4.78, 5) is 0. The van der Waals surface area contributed by atoms with Gasteiger partial charge in [0, 0.05) is 25.7 Å². The SMILES string of the molecule is CCC(C)C(CNCCNC(C)C)c1ccccc1. The molecule has 0 aromatic heterocycles. The van der Waals surface area contributed by atoms with Crippen LogP contribution in [0, 0.1) is 5.92 Å². The molecule has 1 aromatic rings. The minimum absolute atomic E-state index is 0.571. The van der Waals surface area contributed by atoms with Crippen molar-refractivity contribution in [3.63, 3.8) is 0 Å². The second-order valence-corrected chi connectivity index (χ2v) is 5.72. The maximum Gasteiger partial charge on any atom is 0.00790 e. The largest absolute Gasteiger partial charge is 0.315 e. The Bertz CT molecular complexity index is 321. The maximum atomic E-state index is 3.59. The third kappa shape index (κ3) is 6.22. The molecule has 2 heteroatoms. The first kappa shape index (κ1) is 16.2. The first-order valence-corrected chi connectivity index (χ1v) is 7.64. The molecule has 0 fully saturated rings. The van der Waals surface area contributed by atoms with Gasteiger partial charge in [0.25, 0.3) is 0 Å². The monoisotopic (exact) mass is 262 g/mol. The van der Waals surface area contributed by atoms with Crippen molar-refractivity contribution in [2.45, 2.75) is 46.1 Å². The van der Waals surface area contributed by atoms with E-state index in [0.717, 1.165) is 19.6 Å². The van der Waals surface area contributed by atoms with Gasteiger partial charge in [0.1, 0.15) is 0 Å². The lowest BCUT2D eigenvalue weighted by molar-refractivity contribution is 0.417. The number of hydrogen-bond acceptors (Lipinski definition) is 2. The predicted octanol–water partition coefficient (Wildman–Crippen LogP) is 3.40. The average Bonchev–Trinajstić information content (AvgIpc) is 2.42. The first-order chi connectivity index (χ1) is 9.15. The summed E-state index contributed by atoms with van der Waals surface area (Å²) in [6, 6.07) is 11.5. The zero-order valence-electron chi connectivity index (χ0n) is 12.9. The van der Waals surface area contributed by atoms with Crippen LogP contribution in [0.3, 0.4) is 0 Å². The van der Waals surface area contributed by atoms with Crippen LogP contribution in [0.15, 0.2) is 30.3 Å². The molecular weight excluding hydrogens is 232 g/mol. The summed E-state index contributed by atoms with van der Waals surface area (Å²) >= 11 is 0. The fourth-order valence-corrected chi connectivity index (χ4v) is 2.34. The Morgan fingerprint density at radius 1 is 1.00 bits per heavy atom. The number of nitrogens with one attached hydrogen (secondary N) is 2. The Hall–Kier alpha value is -0.860. The third-order valence-electron chi connectivity index (χ3n) is 3.78. The van der Waals surface area contributed by atoms with Crippen LogP contribution in [0.25, 0.3) is 0 Å². The van der Waals surface area contributed by atoms with E-state index in [9.17, 15) is 0 Å². The van der Waals surface area contributed by atoms with Gasteiger partial charge < -0.3 is 10.6 Å². The molecule has 0 amide bonds. The minimum Gasteiger partial charge on any atom is -0.315 e. The number of benzene rings is 1. The summed E-state index contributed by atoms with van der Waals surface area (Å²) in [5, 5.41) is 7.03. The van der Waals surface area contributed by atoms with E-state index in [1.54, 1.807) is 0 Å². The summed E-state index contributed by atoms with van der Waals surface area (Å²) in [6.07, 6.45) is 1.23. The second-order valence-electron chi connectivity index (χ2n) is 5.72.